The molecule has 3 aromatic carbocycles. The van der Waals surface area contributed by atoms with Crippen molar-refractivity contribution in [1.29, 1.82) is 0 Å². The lowest BCUT2D eigenvalue weighted by atomic mass is 10.1. The van der Waals surface area contributed by atoms with Crippen LogP contribution in [0.25, 0.3) is 10.8 Å². The summed E-state index contributed by atoms with van der Waals surface area (Å²) in [5.41, 5.74) is 0.458. The van der Waals surface area contributed by atoms with E-state index in [1.54, 1.807) is 30.3 Å². The molecule has 20 heavy (non-hydrogen) atoms. The maximum Gasteiger partial charge on any atom is 0.162 e. The number of hydrogen-bond donors (Lipinski definition) is 1. The van der Waals surface area contributed by atoms with Gasteiger partial charge in [0.2, 0.25) is 0 Å². The fourth-order valence-electron chi connectivity index (χ4n) is 2.09. The first-order valence-corrected chi connectivity index (χ1v) is 6.32. The zero-order valence-electron chi connectivity index (χ0n) is 10.7. The second kappa shape index (κ2) is 5.21. The molecule has 0 aliphatic heterocycles. The average Bonchev–Trinajstić information content (AvgIpc) is 2.46. The summed E-state index contributed by atoms with van der Waals surface area (Å²) >= 11 is 0. The standard InChI is InChI=1S/C17H13FO2/c18-15-8-4-3-7-14(15)11-20-17-10-13-6-2-1-5-12(13)9-16(17)19/h1-10,19H,11H2. The first-order chi connectivity index (χ1) is 9.74. The molecule has 3 rings (SSSR count). The monoisotopic (exact) mass is 268 g/mol. The number of halogens is 1. The third-order valence-corrected chi connectivity index (χ3v) is 3.17. The third kappa shape index (κ3) is 2.43. The van der Waals surface area contributed by atoms with Crippen LogP contribution in [0.2, 0.25) is 0 Å². The number of fused-ring (bicyclic) bond motifs is 1. The lowest BCUT2D eigenvalue weighted by Crippen LogP contribution is -1.98. The molecular formula is C17H13FO2. The smallest absolute Gasteiger partial charge is 0.162 e. The third-order valence-electron chi connectivity index (χ3n) is 3.17. The van der Waals surface area contributed by atoms with Gasteiger partial charge in [-0.2, -0.15) is 0 Å². The molecule has 0 spiro atoms. The molecule has 0 atom stereocenters. The Balaban J connectivity index is 1.87. The second-order valence-electron chi connectivity index (χ2n) is 4.55. The van der Waals surface area contributed by atoms with Crippen molar-refractivity contribution in [2.75, 3.05) is 0 Å². The van der Waals surface area contributed by atoms with Crippen molar-refractivity contribution >= 4 is 10.8 Å². The maximum atomic E-state index is 13.5. The fraction of sp³-hybridized carbons (Fsp3) is 0.0588. The highest BCUT2D eigenvalue weighted by Crippen LogP contribution is 2.31. The summed E-state index contributed by atoms with van der Waals surface area (Å²) in [6.45, 7) is 0.0819. The first kappa shape index (κ1) is 12.5. The molecule has 0 fully saturated rings. The largest absolute Gasteiger partial charge is 0.504 e. The Hall–Kier alpha value is -2.55. The van der Waals surface area contributed by atoms with Gasteiger partial charge in [0.05, 0.1) is 0 Å². The number of ether oxygens (including phenoxy) is 1. The predicted molar refractivity (Wildman–Crippen MR) is 76.3 cm³/mol. The SMILES string of the molecule is Oc1cc2ccccc2cc1OCc1ccccc1F. The Labute approximate surface area is 116 Å². The van der Waals surface area contributed by atoms with Gasteiger partial charge in [0.15, 0.2) is 11.5 Å². The van der Waals surface area contributed by atoms with Crippen molar-refractivity contribution in [2.45, 2.75) is 6.61 Å². The van der Waals surface area contributed by atoms with Gasteiger partial charge in [-0.15, -0.1) is 0 Å². The summed E-state index contributed by atoms with van der Waals surface area (Å²) in [7, 11) is 0. The molecule has 0 bridgehead atoms. The zero-order valence-corrected chi connectivity index (χ0v) is 10.7. The summed E-state index contributed by atoms with van der Waals surface area (Å²) in [5.74, 6) is 0.0970. The molecule has 3 aromatic rings. The summed E-state index contributed by atoms with van der Waals surface area (Å²) in [5, 5.41) is 11.8. The van der Waals surface area contributed by atoms with Crippen LogP contribution < -0.4 is 4.74 Å². The van der Waals surface area contributed by atoms with E-state index in [2.05, 4.69) is 0 Å². The molecule has 0 saturated carbocycles. The molecule has 0 heterocycles. The predicted octanol–water partition coefficient (Wildman–Crippen LogP) is 4.26. The number of hydrogen-bond acceptors (Lipinski definition) is 2. The molecule has 2 nitrogen and oxygen atoms in total. The lowest BCUT2D eigenvalue weighted by molar-refractivity contribution is 0.284. The van der Waals surface area contributed by atoms with Gasteiger partial charge in [0.1, 0.15) is 12.4 Å². The molecule has 0 aliphatic carbocycles. The van der Waals surface area contributed by atoms with Crippen molar-refractivity contribution in [2.24, 2.45) is 0 Å². The van der Waals surface area contributed by atoms with Crippen LogP contribution in [0.4, 0.5) is 4.39 Å². The van der Waals surface area contributed by atoms with E-state index in [9.17, 15) is 9.50 Å². The molecule has 3 heteroatoms. The van der Waals surface area contributed by atoms with Crippen molar-refractivity contribution in [1.82, 2.24) is 0 Å². The number of benzene rings is 3. The van der Waals surface area contributed by atoms with E-state index in [0.717, 1.165) is 10.8 Å². The minimum Gasteiger partial charge on any atom is -0.504 e. The summed E-state index contributed by atoms with van der Waals surface area (Å²) < 4.78 is 19.0. The zero-order chi connectivity index (χ0) is 13.9. The highest BCUT2D eigenvalue weighted by molar-refractivity contribution is 5.85. The summed E-state index contributed by atoms with van der Waals surface area (Å²) in [6, 6.07) is 17.5. The topological polar surface area (TPSA) is 29.5 Å². The van der Waals surface area contributed by atoms with E-state index in [1.807, 2.05) is 24.3 Å². The van der Waals surface area contributed by atoms with E-state index >= 15 is 0 Å². The first-order valence-electron chi connectivity index (χ1n) is 6.32. The number of phenols is 1. The maximum absolute atomic E-state index is 13.5. The Morgan fingerprint density at radius 2 is 1.55 bits per heavy atom. The molecular weight excluding hydrogens is 255 g/mol. The Morgan fingerprint density at radius 3 is 2.30 bits per heavy atom. The van der Waals surface area contributed by atoms with Crippen LogP contribution in [0.5, 0.6) is 11.5 Å². The van der Waals surface area contributed by atoms with Gasteiger partial charge in [0.25, 0.3) is 0 Å². The van der Waals surface area contributed by atoms with Crippen LogP contribution in [0, 0.1) is 5.82 Å². The summed E-state index contributed by atoms with van der Waals surface area (Å²) in [4.78, 5) is 0. The van der Waals surface area contributed by atoms with Crippen molar-refractivity contribution in [3.63, 3.8) is 0 Å². The van der Waals surface area contributed by atoms with Gasteiger partial charge in [0, 0.05) is 5.56 Å². The van der Waals surface area contributed by atoms with E-state index in [4.69, 9.17) is 4.74 Å². The van der Waals surface area contributed by atoms with Gasteiger partial charge >= 0.3 is 0 Å². The van der Waals surface area contributed by atoms with E-state index < -0.39 is 0 Å². The van der Waals surface area contributed by atoms with Crippen LogP contribution in [-0.2, 0) is 6.61 Å². The van der Waals surface area contributed by atoms with Crippen LogP contribution in [-0.4, -0.2) is 5.11 Å². The Morgan fingerprint density at radius 1 is 0.900 bits per heavy atom. The number of aromatic hydroxyl groups is 1. The number of phenolic OH excluding ortho intramolecular Hbond substituents is 1. The minimum atomic E-state index is -0.312. The highest BCUT2D eigenvalue weighted by Gasteiger charge is 2.07. The molecule has 0 amide bonds. The Kier molecular flexibility index (Phi) is 3.25. The van der Waals surface area contributed by atoms with E-state index in [1.165, 1.54) is 6.07 Å². The second-order valence-corrected chi connectivity index (χ2v) is 4.55. The number of rotatable bonds is 3. The van der Waals surface area contributed by atoms with E-state index in [-0.39, 0.29) is 18.2 Å². The molecule has 100 valence electrons. The quantitative estimate of drug-likeness (QED) is 0.769. The average molecular weight is 268 g/mol. The molecule has 0 aliphatic rings. The normalized spacial score (nSPS) is 10.7. The summed E-state index contributed by atoms with van der Waals surface area (Å²) in [6.07, 6.45) is 0. The fourth-order valence-corrected chi connectivity index (χ4v) is 2.09. The highest BCUT2D eigenvalue weighted by atomic mass is 19.1. The van der Waals surface area contributed by atoms with Gasteiger partial charge in [-0.1, -0.05) is 42.5 Å². The molecule has 0 unspecified atom stereocenters. The van der Waals surface area contributed by atoms with Gasteiger partial charge in [-0.25, -0.2) is 4.39 Å². The van der Waals surface area contributed by atoms with Crippen molar-refractivity contribution in [3.05, 3.63) is 72.0 Å². The minimum absolute atomic E-state index is 0.0556. The van der Waals surface area contributed by atoms with Crippen LogP contribution in [0.3, 0.4) is 0 Å². The van der Waals surface area contributed by atoms with Crippen molar-refractivity contribution < 1.29 is 14.2 Å². The van der Waals surface area contributed by atoms with Gasteiger partial charge in [-0.05, 0) is 29.0 Å². The van der Waals surface area contributed by atoms with E-state index in [0.29, 0.717) is 11.3 Å². The van der Waals surface area contributed by atoms with Gasteiger partial charge < -0.3 is 9.84 Å². The Bertz CT molecular complexity index is 753. The van der Waals surface area contributed by atoms with Crippen LogP contribution in [0.1, 0.15) is 5.56 Å². The van der Waals surface area contributed by atoms with Crippen LogP contribution >= 0.6 is 0 Å². The molecule has 0 aromatic heterocycles. The molecule has 0 radical (unpaired) electrons. The van der Waals surface area contributed by atoms with Crippen LogP contribution in [0.15, 0.2) is 60.7 Å². The van der Waals surface area contributed by atoms with Gasteiger partial charge in [-0.3, -0.25) is 0 Å². The van der Waals surface area contributed by atoms with Crippen molar-refractivity contribution in [3.8, 4) is 11.5 Å². The lowest BCUT2D eigenvalue weighted by Gasteiger charge is -2.10. The molecule has 0 saturated heterocycles. The molecule has 1 N–H and O–H groups in total.